The van der Waals surface area contributed by atoms with Crippen LogP contribution in [0.15, 0.2) is 41.9 Å². The zero-order chi connectivity index (χ0) is 20.1. The largest absolute Gasteiger partial charge is 0.467 e. The number of esters is 2. The molecule has 0 saturated carbocycles. The summed E-state index contributed by atoms with van der Waals surface area (Å²) >= 11 is 1.25. The number of thiophene rings is 1. The molecule has 3 aromatic rings. The molecule has 2 heterocycles. The van der Waals surface area contributed by atoms with Crippen LogP contribution in [0.3, 0.4) is 0 Å². The number of hydrogen-bond donors (Lipinski definition) is 2. The second kappa shape index (κ2) is 8.71. The van der Waals surface area contributed by atoms with Gasteiger partial charge in [-0.1, -0.05) is 18.2 Å². The molecule has 0 bridgehead atoms. The molecule has 28 heavy (non-hydrogen) atoms. The molecule has 1 atom stereocenters. The predicted molar refractivity (Wildman–Crippen MR) is 105 cm³/mol. The van der Waals surface area contributed by atoms with E-state index in [1.54, 1.807) is 24.6 Å². The molecular formula is C20H20N2O5S. The maximum atomic E-state index is 12.2. The Kier molecular flexibility index (Phi) is 6.10. The molecule has 7 nitrogen and oxygen atoms in total. The Morgan fingerprint density at radius 3 is 2.71 bits per heavy atom. The van der Waals surface area contributed by atoms with Crippen LogP contribution in [0.1, 0.15) is 20.8 Å². The molecule has 1 amide bonds. The number of ether oxygens (including phenoxy) is 2. The Morgan fingerprint density at radius 2 is 2.00 bits per heavy atom. The van der Waals surface area contributed by atoms with Gasteiger partial charge in [0.15, 0.2) is 6.61 Å². The van der Waals surface area contributed by atoms with Crippen LogP contribution < -0.4 is 5.32 Å². The first-order valence-corrected chi connectivity index (χ1v) is 9.51. The standard InChI is InChI=1S/C20H20N2O5S/c1-12-7-8-28-18(12)20(25)27-11-17(23)22-16(19(24)26-2)9-13-10-21-15-6-4-3-5-14(13)15/h3-8,10,16,21H,9,11H2,1-2H3,(H,22,23)/t16-/m0/s1. The highest BCUT2D eigenvalue weighted by Crippen LogP contribution is 2.19. The summed E-state index contributed by atoms with van der Waals surface area (Å²) in [7, 11) is 1.26. The van der Waals surface area contributed by atoms with Crippen LogP contribution in [-0.2, 0) is 25.5 Å². The molecule has 0 saturated heterocycles. The maximum absolute atomic E-state index is 12.2. The second-order valence-electron chi connectivity index (χ2n) is 6.22. The lowest BCUT2D eigenvalue weighted by Gasteiger charge is -2.16. The van der Waals surface area contributed by atoms with E-state index < -0.39 is 30.5 Å². The molecule has 8 heteroatoms. The number of hydrogen-bond acceptors (Lipinski definition) is 6. The fourth-order valence-corrected chi connectivity index (χ4v) is 3.69. The normalized spacial score (nSPS) is 11.8. The van der Waals surface area contributed by atoms with E-state index >= 15 is 0 Å². The molecule has 0 radical (unpaired) electrons. The van der Waals surface area contributed by atoms with E-state index in [2.05, 4.69) is 10.3 Å². The number of carbonyl (C=O) groups is 3. The third kappa shape index (κ3) is 4.40. The van der Waals surface area contributed by atoms with Crippen LogP contribution in [0.5, 0.6) is 0 Å². The van der Waals surface area contributed by atoms with Crippen molar-refractivity contribution in [3.05, 3.63) is 57.9 Å². The summed E-state index contributed by atoms with van der Waals surface area (Å²) in [5.41, 5.74) is 2.60. The van der Waals surface area contributed by atoms with Crippen LogP contribution in [0, 0.1) is 6.92 Å². The van der Waals surface area contributed by atoms with Crippen molar-refractivity contribution in [1.29, 1.82) is 0 Å². The van der Waals surface area contributed by atoms with Gasteiger partial charge in [-0.15, -0.1) is 11.3 Å². The SMILES string of the molecule is COC(=O)[C@H](Cc1c[nH]c2ccccc12)NC(=O)COC(=O)c1sccc1C. The van der Waals surface area contributed by atoms with E-state index in [-0.39, 0.29) is 6.42 Å². The molecule has 0 fully saturated rings. The molecule has 0 spiro atoms. The molecule has 0 aliphatic carbocycles. The summed E-state index contributed by atoms with van der Waals surface area (Å²) in [5, 5.41) is 5.33. The Bertz CT molecular complexity index is 1010. The zero-order valence-corrected chi connectivity index (χ0v) is 16.3. The minimum Gasteiger partial charge on any atom is -0.467 e. The molecule has 2 aromatic heterocycles. The number of rotatable bonds is 7. The summed E-state index contributed by atoms with van der Waals surface area (Å²) in [6, 6.07) is 8.58. The van der Waals surface area contributed by atoms with E-state index in [1.807, 2.05) is 24.3 Å². The van der Waals surface area contributed by atoms with Crippen molar-refractivity contribution in [2.75, 3.05) is 13.7 Å². The van der Waals surface area contributed by atoms with Crippen molar-refractivity contribution >= 4 is 40.1 Å². The van der Waals surface area contributed by atoms with Crippen LogP contribution in [0.2, 0.25) is 0 Å². The number of methoxy groups -OCH3 is 1. The summed E-state index contributed by atoms with van der Waals surface area (Å²) in [4.78, 5) is 40.0. The highest BCUT2D eigenvalue weighted by atomic mass is 32.1. The molecule has 0 aliphatic heterocycles. The number of fused-ring (bicyclic) bond motifs is 1. The van der Waals surface area contributed by atoms with Crippen molar-refractivity contribution < 1.29 is 23.9 Å². The third-order valence-corrected chi connectivity index (χ3v) is 5.30. The number of nitrogens with one attached hydrogen (secondary N) is 2. The first kappa shape index (κ1) is 19.6. The van der Waals surface area contributed by atoms with Gasteiger partial charge in [0, 0.05) is 23.5 Å². The Labute approximate surface area is 165 Å². The van der Waals surface area contributed by atoms with Gasteiger partial charge in [0.05, 0.1) is 7.11 Å². The summed E-state index contributed by atoms with van der Waals surface area (Å²) in [5.74, 6) is -1.70. The Hall–Kier alpha value is -3.13. The van der Waals surface area contributed by atoms with Gasteiger partial charge in [-0.2, -0.15) is 0 Å². The molecule has 2 N–H and O–H groups in total. The number of aromatic amines is 1. The summed E-state index contributed by atoms with van der Waals surface area (Å²) in [6.45, 7) is 1.32. The Balaban J connectivity index is 1.64. The highest BCUT2D eigenvalue weighted by Gasteiger charge is 2.24. The van der Waals surface area contributed by atoms with Gasteiger partial charge in [0.25, 0.3) is 5.91 Å². The van der Waals surface area contributed by atoms with Crippen LogP contribution in [0.25, 0.3) is 10.9 Å². The van der Waals surface area contributed by atoms with E-state index in [1.165, 1.54) is 18.4 Å². The number of amides is 1. The van der Waals surface area contributed by atoms with E-state index in [4.69, 9.17) is 9.47 Å². The van der Waals surface area contributed by atoms with Crippen molar-refractivity contribution in [2.24, 2.45) is 0 Å². The maximum Gasteiger partial charge on any atom is 0.349 e. The van der Waals surface area contributed by atoms with Crippen LogP contribution in [-0.4, -0.2) is 42.6 Å². The van der Waals surface area contributed by atoms with Crippen molar-refractivity contribution in [1.82, 2.24) is 10.3 Å². The second-order valence-corrected chi connectivity index (χ2v) is 7.13. The minimum absolute atomic E-state index is 0.250. The number of aromatic nitrogens is 1. The van der Waals surface area contributed by atoms with Crippen molar-refractivity contribution in [3.8, 4) is 0 Å². The topological polar surface area (TPSA) is 97.5 Å². The molecular weight excluding hydrogens is 380 g/mol. The van der Waals surface area contributed by atoms with E-state index in [0.29, 0.717) is 4.88 Å². The summed E-state index contributed by atoms with van der Waals surface area (Å²) < 4.78 is 9.85. The van der Waals surface area contributed by atoms with E-state index in [0.717, 1.165) is 22.0 Å². The lowest BCUT2D eigenvalue weighted by molar-refractivity contribution is -0.145. The van der Waals surface area contributed by atoms with Crippen LogP contribution >= 0.6 is 11.3 Å². The smallest absolute Gasteiger partial charge is 0.349 e. The average Bonchev–Trinajstić information content (AvgIpc) is 3.31. The number of carbonyl (C=O) groups excluding carboxylic acids is 3. The average molecular weight is 400 g/mol. The Morgan fingerprint density at radius 1 is 1.21 bits per heavy atom. The molecule has 3 rings (SSSR count). The molecule has 1 aromatic carbocycles. The van der Waals surface area contributed by atoms with Gasteiger partial charge >= 0.3 is 11.9 Å². The first-order valence-electron chi connectivity index (χ1n) is 8.63. The zero-order valence-electron chi connectivity index (χ0n) is 15.5. The molecule has 0 unspecified atom stereocenters. The number of aryl methyl sites for hydroxylation is 1. The lowest BCUT2D eigenvalue weighted by Crippen LogP contribution is -2.44. The van der Waals surface area contributed by atoms with Gasteiger partial charge in [-0.25, -0.2) is 9.59 Å². The van der Waals surface area contributed by atoms with Gasteiger partial charge in [-0.3, -0.25) is 4.79 Å². The monoisotopic (exact) mass is 400 g/mol. The third-order valence-electron chi connectivity index (χ3n) is 4.30. The van der Waals surface area contributed by atoms with Gasteiger partial charge in [0.1, 0.15) is 10.9 Å². The molecule has 146 valence electrons. The first-order chi connectivity index (χ1) is 13.5. The lowest BCUT2D eigenvalue weighted by atomic mass is 10.0. The van der Waals surface area contributed by atoms with Crippen LogP contribution in [0.4, 0.5) is 0 Å². The summed E-state index contributed by atoms with van der Waals surface area (Å²) in [6.07, 6.45) is 2.05. The van der Waals surface area contributed by atoms with Crippen molar-refractivity contribution in [2.45, 2.75) is 19.4 Å². The quantitative estimate of drug-likeness (QED) is 0.594. The number of benzene rings is 1. The van der Waals surface area contributed by atoms with Gasteiger partial charge in [0.2, 0.25) is 0 Å². The van der Waals surface area contributed by atoms with Gasteiger partial charge in [-0.05, 0) is 35.6 Å². The predicted octanol–water partition coefficient (Wildman–Crippen LogP) is 2.60. The number of H-pyrrole nitrogens is 1. The number of para-hydroxylation sites is 1. The van der Waals surface area contributed by atoms with E-state index in [9.17, 15) is 14.4 Å². The highest BCUT2D eigenvalue weighted by molar-refractivity contribution is 7.12. The minimum atomic E-state index is -0.890. The van der Waals surface area contributed by atoms with Crippen molar-refractivity contribution in [3.63, 3.8) is 0 Å². The van der Waals surface area contributed by atoms with Gasteiger partial charge < -0.3 is 19.8 Å². The fraction of sp³-hybridized carbons (Fsp3) is 0.250. The fourth-order valence-electron chi connectivity index (χ4n) is 2.87. The molecule has 0 aliphatic rings.